The number of anilines is 2. The number of rotatable bonds is 2. The summed E-state index contributed by atoms with van der Waals surface area (Å²) in [5.41, 5.74) is 8.34. The normalized spacial score (nSPS) is 23.6. The van der Waals surface area contributed by atoms with Crippen LogP contribution in [0.4, 0.5) is 11.4 Å². The molecular weight excluding hydrogens is 212 g/mol. The number of nitrogen functional groups attached to an aromatic ring is 1. The summed E-state index contributed by atoms with van der Waals surface area (Å²) in [5, 5.41) is 2.96. The van der Waals surface area contributed by atoms with E-state index in [2.05, 4.69) is 12.2 Å². The SMILES string of the molecule is Cc1ccc(N)c(NC(=O)C2CCCC2C)c1. The number of hydrogen-bond donors (Lipinski definition) is 2. The number of carbonyl (C=O) groups is 1. The molecule has 17 heavy (non-hydrogen) atoms. The molecule has 2 atom stereocenters. The molecule has 3 heteroatoms. The zero-order valence-electron chi connectivity index (χ0n) is 10.5. The summed E-state index contributed by atoms with van der Waals surface area (Å²) >= 11 is 0. The van der Waals surface area contributed by atoms with E-state index in [0.717, 1.165) is 30.5 Å². The predicted octanol–water partition coefficient (Wildman–Crippen LogP) is 2.95. The number of nitrogens with one attached hydrogen (secondary N) is 1. The van der Waals surface area contributed by atoms with Crippen molar-refractivity contribution in [1.82, 2.24) is 0 Å². The number of aryl methyl sites for hydroxylation is 1. The van der Waals surface area contributed by atoms with Gasteiger partial charge >= 0.3 is 0 Å². The van der Waals surface area contributed by atoms with Crippen molar-refractivity contribution in [3.8, 4) is 0 Å². The van der Waals surface area contributed by atoms with Gasteiger partial charge in [0, 0.05) is 5.92 Å². The van der Waals surface area contributed by atoms with Gasteiger partial charge in [-0.2, -0.15) is 0 Å². The first-order valence-corrected chi connectivity index (χ1v) is 6.25. The second-order valence-corrected chi connectivity index (χ2v) is 5.09. The van der Waals surface area contributed by atoms with Crippen LogP contribution in [0.3, 0.4) is 0 Å². The molecule has 1 aliphatic carbocycles. The van der Waals surface area contributed by atoms with Crippen LogP contribution in [-0.4, -0.2) is 5.91 Å². The number of nitrogens with two attached hydrogens (primary N) is 1. The number of benzene rings is 1. The minimum Gasteiger partial charge on any atom is -0.397 e. The molecule has 1 fully saturated rings. The standard InChI is InChI=1S/C14H20N2O/c1-9-6-7-12(15)13(8-9)16-14(17)11-5-3-4-10(11)2/h6-8,10-11H,3-5,15H2,1-2H3,(H,16,17). The van der Waals surface area contributed by atoms with Crippen LogP contribution in [0.2, 0.25) is 0 Å². The Bertz CT molecular complexity index is 428. The van der Waals surface area contributed by atoms with E-state index in [1.165, 1.54) is 0 Å². The van der Waals surface area contributed by atoms with Gasteiger partial charge in [-0.3, -0.25) is 4.79 Å². The van der Waals surface area contributed by atoms with Gasteiger partial charge in [-0.15, -0.1) is 0 Å². The Hall–Kier alpha value is -1.51. The molecule has 2 rings (SSSR count). The van der Waals surface area contributed by atoms with Gasteiger partial charge in [0.2, 0.25) is 5.91 Å². The maximum absolute atomic E-state index is 12.1. The number of amides is 1. The topological polar surface area (TPSA) is 55.1 Å². The van der Waals surface area contributed by atoms with Crippen molar-refractivity contribution in [2.75, 3.05) is 11.1 Å². The van der Waals surface area contributed by atoms with E-state index in [9.17, 15) is 4.79 Å². The lowest BCUT2D eigenvalue weighted by atomic mass is 9.97. The van der Waals surface area contributed by atoms with Gasteiger partial charge in [0.1, 0.15) is 0 Å². The summed E-state index contributed by atoms with van der Waals surface area (Å²) in [6, 6.07) is 5.71. The number of carbonyl (C=O) groups excluding carboxylic acids is 1. The number of hydrogen-bond acceptors (Lipinski definition) is 2. The molecule has 0 aromatic heterocycles. The predicted molar refractivity (Wildman–Crippen MR) is 70.7 cm³/mol. The van der Waals surface area contributed by atoms with Crippen molar-refractivity contribution in [3.05, 3.63) is 23.8 Å². The fourth-order valence-corrected chi connectivity index (χ4v) is 2.54. The molecule has 3 nitrogen and oxygen atoms in total. The molecular formula is C14H20N2O. The van der Waals surface area contributed by atoms with Crippen molar-refractivity contribution in [2.45, 2.75) is 33.1 Å². The first-order valence-electron chi connectivity index (χ1n) is 6.25. The maximum Gasteiger partial charge on any atom is 0.227 e. The van der Waals surface area contributed by atoms with E-state index >= 15 is 0 Å². The Labute approximate surface area is 102 Å². The zero-order valence-corrected chi connectivity index (χ0v) is 10.5. The van der Waals surface area contributed by atoms with Crippen molar-refractivity contribution >= 4 is 17.3 Å². The minimum absolute atomic E-state index is 0.118. The van der Waals surface area contributed by atoms with Crippen LogP contribution in [0.5, 0.6) is 0 Å². The molecule has 2 unspecified atom stereocenters. The smallest absolute Gasteiger partial charge is 0.227 e. The highest BCUT2D eigenvalue weighted by molar-refractivity contribution is 5.95. The molecule has 1 amide bonds. The Morgan fingerprint density at radius 3 is 2.82 bits per heavy atom. The van der Waals surface area contributed by atoms with Crippen molar-refractivity contribution in [1.29, 1.82) is 0 Å². The molecule has 1 saturated carbocycles. The third-order valence-corrected chi connectivity index (χ3v) is 3.66. The van der Waals surface area contributed by atoms with Crippen LogP contribution in [0.1, 0.15) is 31.7 Å². The first-order chi connectivity index (χ1) is 8.08. The van der Waals surface area contributed by atoms with Gasteiger partial charge in [-0.1, -0.05) is 19.4 Å². The summed E-state index contributed by atoms with van der Waals surface area (Å²) in [4.78, 5) is 12.1. The minimum atomic E-state index is 0.118. The Balaban J connectivity index is 2.10. The Morgan fingerprint density at radius 2 is 2.18 bits per heavy atom. The molecule has 0 bridgehead atoms. The van der Waals surface area contributed by atoms with Crippen LogP contribution >= 0.6 is 0 Å². The van der Waals surface area contributed by atoms with Crippen LogP contribution in [0, 0.1) is 18.8 Å². The highest BCUT2D eigenvalue weighted by atomic mass is 16.1. The lowest BCUT2D eigenvalue weighted by Gasteiger charge is -2.16. The molecule has 3 N–H and O–H groups in total. The van der Waals surface area contributed by atoms with Crippen LogP contribution in [0.25, 0.3) is 0 Å². The monoisotopic (exact) mass is 232 g/mol. The molecule has 0 saturated heterocycles. The quantitative estimate of drug-likeness (QED) is 0.770. The van der Waals surface area contributed by atoms with Gasteiger partial charge < -0.3 is 11.1 Å². The molecule has 0 heterocycles. The highest BCUT2D eigenvalue weighted by Gasteiger charge is 2.29. The zero-order chi connectivity index (χ0) is 12.4. The summed E-state index contributed by atoms with van der Waals surface area (Å²) in [6.07, 6.45) is 3.31. The summed E-state index contributed by atoms with van der Waals surface area (Å²) in [5.74, 6) is 0.753. The van der Waals surface area contributed by atoms with Crippen molar-refractivity contribution in [2.24, 2.45) is 11.8 Å². The van der Waals surface area contributed by atoms with Crippen LogP contribution < -0.4 is 11.1 Å². The fraction of sp³-hybridized carbons (Fsp3) is 0.500. The van der Waals surface area contributed by atoms with E-state index in [-0.39, 0.29) is 11.8 Å². The lowest BCUT2D eigenvalue weighted by molar-refractivity contribution is -0.120. The molecule has 1 aromatic carbocycles. The second-order valence-electron chi connectivity index (χ2n) is 5.09. The molecule has 0 aliphatic heterocycles. The van der Waals surface area contributed by atoms with E-state index in [1.807, 2.05) is 25.1 Å². The van der Waals surface area contributed by atoms with Gasteiger partial charge in [0.25, 0.3) is 0 Å². The summed E-state index contributed by atoms with van der Waals surface area (Å²) in [6.45, 7) is 4.14. The van der Waals surface area contributed by atoms with Gasteiger partial charge in [0.05, 0.1) is 11.4 Å². The van der Waals surface area contributed by atoms with Gasteiger partial charge in [-0.25, -0.2) is 0 Å². The second kappa shape index (κ2) is 4.78. The Morgan fingerprint density at radius 1 is 1.41 bits per heavy atom. The Kier molecular flexibility index (Phi) is 3.36. The average Bonchev–Trinajstić information content (AvgIpc) is 2.70. The average molecular weight is 232 g/mol. The van der Waals surface area contributed by atoms with Crippen molar-refractivity contribution < 1.29 is 4.79 Å². The van der Waals surface area contributed by atoms with Crippen LogP contribution in [-0.2, 0) is 4.79 Å². The third kappa shape index (κ3) is 2.60. The third-order valence-electron chi connectivity index (χ3n) is 3.66. The van der Waals surface area contributed by atoms with E-state index < -0.39 is 0 Å². The van der Waals surface area contributed by atoms with E-state index in [1.54, 1.807) is 0 Å². The molecule has 1 aromatic rings. The lowest BCUT2D eigenvalue weighted by Crippen LogP contribution is -2.25. The van der Waals surface area contributed by atoms with Gasteiger partial charge in [0.15, 0.2) is 0 Å². The molecule has 0 radical (unpaired) electrons. The van der Waals surface area contributed by atoms with Crippen LogP contribution in [0.15, 0.2) is 18.2 Å². The first kappa shape index (κ1) is 12.0. The molecule has 1 aliphatic rings. The van der Waals surface area contributed by atoms with Gasteiger partial charge in [-0.05, 0) is 43.4 Å². The van der Waals surface area contributed by atoms with E-state index in [4.69, 9.17) is 5.73 Å². The maximum atomic E-state index is 12.1. The largest absolute Gasteiger partial charge is 0.397 e. The van der Waals surface area contributed by atoms with Crippen molar-refractivity contribution in [3.63, 3.8) is 0 Å². The highest BCUT2D eigenvalue weighted by Crippen LogP contribution is 2.32. The summed E-state index contributed by atoms with van der Waals surface area (Å²) < 4.78 is 0. The van der Waals surface area contributed by atoms with E-state index in [0.29, 0.717) is 11.6 Å². The molecule has 92 valence electrons. The fourth-order valence-electron chi connectivity index (χ4n) is 2.54. The summed E-state index contributed by atoms with van der Waals surface area (Å²) in [7, 11) is 0. The molecule has 0 spiro atoms.